The first-order chi connectivity index (χ1) is 9.14. The number of nitrogens with zero attached hydrogens (tertiary/aromatic N) is 2. The van der Waals surface area contributed by atoms with Crippen LogP contribution >= 0.6 is 0 Å². The Morgan fingerprint density at radius 3 is 2.42 bits per heavy atom. The van der Waals surface area contributed by atoms with Gasteiger partial charge in [-0.1, -0.05) is 0 Å². The van der Waals surface area contributed by atoms with Crippen LogP contribution in [0.2, 0.25) is 0 Å². The van der Waals surface area contributed by atoms with E-state index in [-0.39, 0.29) is 12.5 Å². The quantitative estimate of drug-likeness (QED) is 0.784. The Morgan fingerprint density at radius 2 is 1.89 bits per heavy atom. The maximum Gasteiger partial charge on any atom is 0.260 e. The lowest BCUT2D eigenvalue weighted by Gasteiger charge is -2.18. The molecule has 0 fully saturated rings. The Labute approximate surface area is 113 Å². The van der Waals surface area contributed by atoms with Crippen molar-refractivity contribution in [2.24, 2.45) is 0 Å². The van der Waals surface area contributed by atoms with Crippen molar-refractivity contribution in [1.82, 2.24) is 4.90 Å². The molecule has 0 atom stereocenters. The molecular formula is C14H18N2O3. The molecule has 0 unspecified atom stereocenters. The minimum atomic E-state index is -0.0775. The van der Waals surface area contributed by atoms with Crippen LogP contribution in [0.3, 0.4) is 0 Å². The van der Waals surface area contributed by atoms with Crippen molar-refractivity contribution < 1.29 is 14.3 Å². The van der Waals surface area contributed by atoms with Gasteiger partial charge in [-0.3, -0.25) is 4.79 Å². The summed E-state index contributed by atoms with van der Waals surface area (Å²) in [4.78, 5) is 13.5. The van der Waals surface area contributed by atoms with Crippen molar-refractivity contribution in [3.05, 3.63) is 23.8 Å². The first-order valence-electron chi connectivity index (χ1n) is 6.14. The van der Waals surface area contributed by atoms with Gasteiger partial charge in [0.05, 0.1) is 18.7 Å². The molecule has 0 N–H and O–H groups in total. The summed E-state index contributed by atoms with van der Waals surface area (Å²) >= 11 is 0. The predicted octanol–water partition coefficient (Wildman–Crippen LogP) is 1.81. The minimum absolute atomic E-state index is 0.0419. The van der Waals surface area contributed by atoms with Crippen molar-refractivity contribution >= 4 is 5.91 Å². The molecule has 0 heterocycles. The Balaban J connectivity index is 2.72. The van der Waals surface area contributed by atoms with Crippen LogP contribution in [-0.4, -0.2) is 37.6 Å². The molecule has 5 nitrogen and oxygen atoms in total. The van der Waals surface area contributed by atoms with E-state index in [9.17, 15) is 4.79 Å². The Kier molecular flexibility index (Phi) is 5.68. The van der Waals surface area contributed by atoms with Crippen molar-refractivity contribution in [1.29, 1.82) is 5.26 Å². The zero-order chi connectivity index (χ0) is 14.3. The van der Waals surface area contributed by atoms with Crippen LogP contribution in [0.4, 0.5) is 0 Å². The van der Waals surface area contributed by atoms with E-state index in [0.29, 0.717) is 30.2 Å². The average molecular weight is 262 g/mol. The molecule has 0 saturated heterocycles. The van der Waals surface area contributed by atoms with Crippen LogP contribution < -0.4 is 9.47 Å². The number of carbonyl (C=O) groups is 1. The summed E-state index contributed by atoms with van der Waals surface area (Å²) in [5.74, 6) is 0.909. The number of carbonyl (C=O) groups excluding carboxylic acids is 1. The van der Waals surface area contributed by atoms with Crippen LogP contribution in [0.15, 0.2) is 18.2 Å². The summed E-state index contributed by atoms with van der Waals surface area (Å²) in [6, 6.07) is 6.86. The zero-order valence-electron chi connectivity index (χ0n) is 11.5. The van der Waals surface area contributed by atoms with Crippen LogP contribution in [0.1, 0.15) is 19.4 Å². The molecule has 1 rings (SSSR count). The molecule has 1 aromatic rings. The Morgan fingerprint density at radius 1 is 1.26 bits per heavy atom. The number of amides is 1. The van der Waals surface area contributed by atoms with Gasteiger partial charge < -0.3 is 14.4 Å². The van der Waals surface area contributed by atoms with Gasteiger partial charge in [-0.15, -0.1) is 0 Å². The number of hydrogen-bond acceptors (Lipinski definition) is 4. The lowest BCUT2D eigenvalue weighted by Crippen LogP contribution is -2.34. The van der Waals surface area contributed by atoms with Crippen LogP contribution in [0, 0.1) is 11.3 Å². The summed E-state index contributed by atoms with van der Waals surface area (Å²) in [6.07, 6.45) is 0. The number of benzene rings is 1. The summed E-state index contributed by atoms with van der Waals surface area (Å²) in [6.45, 7) is 5.10. The van der Waals surface area contributed by atoms with Crippen molar-refractivity contribution in [2.75, 3.05) is 26.8 Å². The van der Waals surface area contributed by atoms with Gasteiger partial charge in [0.15, 0.2) is 6.61 Å². The van der Waals surface area contributed by atoms with Crippen molar-refractivity contribution in [3.8, 4) is 17.6 Å². The summed E-state index contributed by atoms with van der Waals surface area (Å²) < 4.78 is 10.5. The highest BCUT2D eigenvalue weighted by molar-refractivity contribution is 5.77. The van der Waals surface area contributed by atoms with E-state index in [4.69, 9.17) is 14.7 Å². The fourth-order valence-electron chi connectivity index (χ4n) is 1.65. The van der Waals surface area contributed by atoms with Gasteiger partial charge in [0, 0.05) is 19.2 Å². The highest BCUT2D eigenvalue weighted by Gasteiger charge is 2.11. The summed E-state index contributed by atoms with van der Waals surface area (Å²) in [5, 5.41) is 8.89. The molecular weight excluding hydrogens is 244 g/mol. The molecule has 0 aliphatic rings. The molecule has 0 aromatic heterocycles. The van der Waals surface area contributed by atoms with E-state index < -0.39 is 0 Å². The third-order valence-corrected chi connectivity index (χ3v) is 2.72. The van der Waals surface area contributed by atoms with E-state index in [2.05, 4.69) is 0 Å². The third-order valence-electron chi connectivity index (χ3n) is 2.72. The zero-order valence-corrected chi connectivity index (χ0v) is 11.5. The minimum Gasteiger partial charge on any atom is -0.497 e. The Hall–Kier alpha value is -2.22. The van der Waals surface area contributed by atoms with E-state index in [1.165, 1.54) is 7.11 Å². The molecule has 0 radical (unpaired) electrons. The van der Waals surface area contributed by atoms with E-state index >= 15 is 0 Å². The third kappa shape index (κ3) is 4.18. The topological polar surface area (TPSA) is 62.6 Å². The van der Waals surface area contributed by atoms with Gasteiger partial charge in [-0.2, -0.15) is 5.26 Å². The lowest BCUT2D eigenvalue weighted by molar-refractivity contribution is -0.132. The van der Waals surface area contributed by atoms with E-state index in [1.54, 1.807) is 23.1 Å². The standard InChI is InChI=1S/C14H18N2O3/c1-4-16(5-2)14(17)10-19-13-7-11(9-15)6-12(8-13)18-3/h6-8H,4-5,10H2,1-3H3. The summed E-state index contributed by atoms with van der Waals surface area (Å²) in [7, 11) is 1.52. The van der Waals surface area contributed by atoms with Gasteiger partial charge in [0.2, 0.25) is 0 Å². The van der Waals surface area contributed by atoms with Crippen LogP contribution in [-0.2, 0) is 4.79 Å². The van der Waals surface area contributed by atoms with Gasteiger partial charge in [0.25, 0.3) is 5.91 Å². The number of rotatable bonds is 6. The molecule has 0 saturated carbocycles. The van der Waals surface area contributed by atoms with Crippen LogP contribution in [0.5, 0.6) is 11.5 Å². The largest absolute Gasteiger partial charge is 0.497 e. The number of hydrogen-bond donors (Lipinski definition) is 0. The van der Waals surface area contributed by atoms with Gasteiger partial charge >= 0.3 is 0 Å². The highest BCUT2D eigenvalue weighted by Crippen LogP contribution is 2.22. The first kappa shape index (κ1) is 14.8. The molecule has 5 heteroatoms. The summed E-state index contributed by atoms with van der Waals surface area (Å²) in [5.41, 5.74) is 0.435. The van der Waals surface area contributed by atoms with Gasteiger partial charge in [-0.05, 0) is 26.0 Å². The maximum atomic E-state index is 11.8. The maximum absolute atomic E-state index is 11.8. The molecule has 0 bridgehead atoms. The molecule has 0 aliphatic carbocycles. The molecule has 102 valence electrons. The van der Waals surface area contributed by atoms with E-state index in [1.807, 2.05) is 19.9 Å². The first-order valence-corrected chi connectivity index (χ1v) is 6.14. The fraction of sp³-hybridized carbons (Fsp3) is 0.429. The normalized spacial score (nSPS) is 9.58. The van der Waals surface area contributed by atoms with Crippen molar-refractivity contribution in [2.45, 2.75) is 13.8 Å². The average Bonchev–Trinajstić information content (AvgIpc) is 2.45. The second kappa shape index (κ2) is 7.27. The Bertz CT molecular complexity index is 476. The number of methoxy groups -OCH3 is 1. The van der Waals surface area contributed by atoms with E-state index in [0.717, 1.165) is 0 Å². The SMILES string of the molecule is CCN(CC)C(=O)COc1cc(C#N)cc(OC)c1. The van der Waals surface area contributed by atoms with Crippen molar-refractivity contribution in [3.63, 3.8) is 0 Å². The predicted molar refractivity (Wildman–Crippen MR) is 71.1 cm³/mol. The molecule has 1 amide bonds. The fourth-order valence-corrected chi connectivity index (χ4v) is 1.65. The van der Waals surface area contributed by atoms with Gasteiger partial charge in [0.1, 0.15) is 11.5 Å². The number of ether oxygens (including phenoxy) is 2. The monoisotopic (exact) mass is 262 g/mol. The lowest BCUT2D eigenvalue weighted by atomic mass is 10.2. The second-order valence-corrected chi connectivity index (χ2v) is 3.86. The molecule has 0 aliphatic heterocycles. The smallest absolute Gasteiger partial charge is 0.260 e. The number of likely N-dealkylation sites (N-methyl/N-ethyl adjacent to an activating group) is 1. The molecule has 19 heavy (non-hydrogen) atoms. The van der Waals surface area contributed by atoms with Gasteiger partial charge in [-0.25, -0.2) is 0 Å². The second-order valence-electron chi connectivity index (χ2n) is 3.86. The molecule has 0 spiro atoms. The number of nitriles is 1. The highest BCUT2D eigenvalue weighted by atomic mass is 16.5. The molecule has 1 aromatic carbocycles. The van der Waals surface area contributed by atoms with Crippen LogP contribution in [0.25, 0.3) is 0 Å².